The summed E-state index contributed by atoms with van der Waals surface area (Å²) in [6, 6.07) is 17.6. The van der Waals surface area contributed by atoms with E-state index in [1.165, 1.54) is 12.5 Å². The molecule has 0 aromatic heterocycles. The van der Waals surface area contributed by atoms with Crippen molar-refractivity contribution in [3.8, 4) is 0 Å². The van der Waals surface area contributed by atoms with Crippen molar-refractivity contribution in [1.29, 1.82) is 0 Å². The molecule has 3 N–H and O–H groups in total. The van der Waals surface area contributed by atoms with Crippen molar-refractivity contribution in [3.05, 3.63) is 65.7 Å². The van der Waals surface area contributed by atoms with Crippen molar-refractivity contribution >= 4 is 17.5 Å². The number of amides is 2. The summed E-state index contributed by atoms with van der Waals surface area (Å²) in [6.07, 6.45) is 3.31. The first-order chi connectivity index (χ1) is 13.1. The molecule has 0 spiro atoms. The van der Waals surface area contributed by atoms with E-state index in [0.29, 0.717) is 29.8 Å². The van der Waals surface area contributed by atoms with Crippen LogP contribution < -0.4 is 16.0 Å². The average Bonchev–Trinajstić information content (AvgIpc) is 2.68. The fourth-order valence-corrected chi connectivity index (χ4v) is 3.48. The van der Waals surface area contributed by atoms with Gasteiger partial charge in [0.05, 0.1) is 0 Å². The van der Waals surface area contributed by atoms with E-state index in [1.54, 1.807) is 24.3 Å². The Morgan fingerprint density at radius 1 is 1.07 bits per heavy atom. The van der Waals surface area contributed by atoms with Crippen molar-refractivity contribution in [2.45, 2.75) is 32.2 Å². The Morgan fingerprint density at radius 3 is 2.59 bits per heavy atom. The molecule has 142 valence electrons. The summed E-state index contributed by atoms with van der Waals surface area (Å²) in [4.78, 5) is 23.5. The number of carbonyl (C=O) groups is 2. The zero-order valence-electron chi connectivity index (χ0n) is 15.7. The minimum absolute atomic E-state index is 0.0180. The quantitative estimate of drug-likeness (QED) is 0.685. The molecule has 0 bridgehead atoms. The molecule has 1 aliphatic rings. The molecule has 3 rings (SSSR count). The number of nitrogens with one attached hydrogen (secondary N) is 3. The van der Waals surface area contributed by atoms with Gasteiger partial charge >= 0.3 is 6.03 Å². The van der Waals surface area contributed by atoms with Gasteiger partial charge in [-0.25, -0.2) is 4.79 Å². The number of carbonyl (C=O) groups excluding carboxylic acids is 2. The van der Waals surface area contributed by atoms with E-state index in [9.17, 15) is 9.59 Å². The molecule has 27 heavy (non-hydrogen) atoms. The fourth-order valence-electron chi connectivity index (χ4n) is 3.48. The van der Waals surface area contributed by atoms with Crippen molar-refractivity contribution < 1.29 is 9.59 Å². The molecular formula is C22H27N3O2. The van der Waals surface area contributed by atoms with E-state index in [2.05, 4.69) is 40.2 Å². The highest BCUT2D eigenvalue weighted by Gasteiger charge is 2.21. The first-order valence-corrected chi connectivity index (χ1v) is 9.53. The Kier molecular flexibility index (Phi) is 6.60. The Hall–Kier alpha value is -2.66. The highest BCUT2D eigenvalue weighted by atomic mass is 16.2. The molecule has 1 aliphatic heterocycles. The summed E-state index contributed by atoms with van der Waals surface area (Å²) < 4.78 is 0. The predicted octanol–water partition coefficient (Wildman–Crippen LogP) is 3.62. The van der Waals surface area contributed by atoms with E-state index in [-0.39, 0.29) is 11.8 Å². The molecule has 0 radical (unpaired) electrons. The maximum atomic E-state index is 12.1. The minimum atomic E-state index is -0.246. The molecule has 1 fully saturated rings. The lowest BCUT2D eigenvalue weighted by Gasteiger charge is -2.30. The third kappa shape index (κ3) is 5.93. The van der Waals surface area contributed by atoms with E-state index in [1.807, 2.05) is 6.07 Å². The van der Waals surface area contributed by atoms with Crippen molar-refractivity contribution in [3.63, 3.8) is 0 Å². The first kappa shape index (κ1) is 19.1. The monoisotopic (exact) mass is 365 g/mol. The normalized spacial score (nSPS) is 19.3. The number of Topliss-reactive ketones (excluding diaryl/α,β-unsaturated/α-hetero) is 1. The Balaban J connectivity index is 1.39. The highest BCUT2D eigenvalue weighted by Crippen LogP contribution is 2.19. The van der Waals surface area contributed by atoms with Crippen LogP contribution in [0.3, 0.4) is 0 Å². The summed E-state index contributed by atoms with van der Waals surface area (Å²) in [7, 11) is 0. The van der Waals surface area contributed by atoms with Crippen LogP contribution in [0.2, 0.25) is 0 Å². The second-order valence-corrected chi connectivity index (χ2v) is 7.21. The zero-order valence-corrected chi connectivity index (χ0v) is 15.7. The van der Waals surface area contributed by atoms with Crippen LogP contribution in [0.25, 0.3) is 0 Å². The van der Waals surface area contributed by atoms with Crippen LogP contribution in [-0.2, 0) is 6.42 Å². The molecule has 5 heteroatoms. The van der Waals surface area contributed by atoms with E-state index in [0.717, 1.165) is 25.8 Å². The van der Waals surface area contributed by atoms with Crippen molar-refractivity contribution in [2.75, 3.05) is 18.4 Å². The van der Waals surface area contributed by atoms with E-state index >= 15 is 0 Å². The van der Waals surface area contributed by atoms with Gasteiger partial charge in [-0.15, -0.1) is 0 Å². The summed E-state index contributed by atoms with van der Waals surface area (Å²) in [5.41, 5.74) is 2.60. The Morgan fingerprint density at radius 2 is 1.89 bits per heavy atom. The number of anilines is 1. The summed E-state index contributed by atoms with van der Waals surface area (Å²) in [6.45, 7) is 3.08. The molecular weight excluding hydrogens is 338 g/mol. The molecule has 2 amide bonds. The highest BCUT2D eigenvalue weighted by molar-refractivity contribution is 5.96. The number of rotatable bonds is 6. The van der Waals surface area contributed by atoms with Gasteiger partial charge in [-0.3, -0.25) is 4.79 Å². The van der Waals surface area contributed by atoms with Gasteiger partial charge in [-0.2, -0.15) is 0 Å². The van der Waals surface area contributed by atoms with Crippen molar-refractivity contribution in [1.82, 2.24) is 10.6 Å². The fraction of sp³-hybridized carbons (Fsp3) is 0.364. The third-order valence-corrected chi connectivity index (χ3v) is 5.02. The predicted molar refractivity (Wildman–Crippen MR) is 108 cm³/mol. The lowest BCUT2D eigenvalue weighted by molar-refractivity contribution is 0.101. The average molecular weight is 365 g/mol. The van der Waals surface area contributed by atoms with Gasteiger partial charge in [-0.05, 0) is 56.3 Å². The molecule has 2 atom stereocenters. The van der Waals surface area contributed by atoms with Gasteiger partial charge in [0.2, 0.25) is 0 Å². The van der Waals surface area contributed by atoms with Crippen LogP contribution in [-0.4, -0.2) is 30.9 Å². The van der Waals surface area contributed by atoms with Crippen LogP contribution >= 0.6 is 0 Å². The number of piperidine rings is 1. The maximum absolute atomic E-state index is 12.1. The van der Waals surface area contributed by atoms with Gasteiger partial charge in [0.1, 0.15) is 0 Å². The first-order valence-electron chi connectivity index (χ1n) is 9.53. The largest absolute Gasteiger partial charge is 0.336 e. The standard InChI is InChI=1S/C22H27N3O2/c1-16(26)19-8-5-9-20(13-19)25-22(27)24-15-21-11-10-18(14-23-21)12-17-6-3-2-4-7-17/h2-9,13,18,21,23H,10-12,14-15H2,1H3,(H2,24,25,27)/t18-,21-/m0/s1. The SMILES string of the molecule is CC(=O)c1cccc(NC(=O)NC[C@@H]2CC[C@@H](Cc3ccccc3)CN2)c1. The van der Waals surface area contributed by atoms with Crippen LogP contribution in [0.4, 0.5) is 10.5 Å². The number of hydrogen-bond donors (Lipinski definition) is 3. The van der Waals surface area contributed by atoms with Gasteiger partial charge < -0.3 is 16.0 Å². The lowest BCUT2D eigenvalue weighted by atomic mass is 9.89. The summed E-state index contributed by atoms with van der Waals surface area (Å²) >= 11 is 0. The number of urea groups is 1. The lowest BCUT2D eigenvalue weighted by Crippen LogP contribution is -2.47. The van der Waals surface area contributed by atoms with Gasteiger partial charge in [0.25, 0.3) is 0 Å². The molecule has 0 unspecified atom stereocenters. The van der Waals surface area contributed by atoms with Crippen LogP contribution in [0, 0.1) is 5.92 Å². The van der Waals surface area contributed by atoms with Gasteiger partial charge in [0.15, 0.2) is 5.78 Å². The molecule has 0 aliphatic carbocycles. The van der Waals surface area contributed by atoms with Crippen LogP contribution in [0.15, 0.2) is 54.6 Å². The molecule has 0 saturated carbocycles. The Labute approximate surface area is 160 Å². The van der Waals surface area contributed by atoms with E-state index < -0.39 is 0 Å². The summed E-state index contributed by atoms with van der Waals surface area (Å²) in [5, 5.41) is 9.25. The topological polar surface area (TPSA) is 70.2 Å². The molecule has 2 aromatic carbocycles. The molecule has 5 nitrogen and oxygen atoms in total. The smallest absolute Gasteiger partial charge is 0.319 e. The van der Waals surface area contributed by atoms with Crippen LogP contribution in [0.5, 0.6) is 0 Å². The maximum Gasteiger partial charge on any atom is 0.319 e. The summed E-state index contributed by atoms with van der Waals surface area (Å²) in [5.74, 6) is 0.627. The molecule has 1 heterocycles. The molecule has 2 aromatic rings. The van der Waals surface area contributed by atoms with Gasteiger partial charge in [-0.1, -0.05) is 42.5 Å². The number of hydrogen-bond acceptors (Lipinski definition) is 3. The number of benzene rings is 2. The second kappa shape index (κ2) is 9.33. The van der Waals surface area contributed by atoms with Crippen molar-refractivity contribution in [2.24, 2.45) is 5.92 Å². The third-order valence-electron chi connectivity index (χ3n) is 5.02. The zero-order chi connectivity index (χ0) is 19.1. The Bertz CT molecular complexity index is 768. The van der Waals surface area contributed by atoms with Crippen LogP contribution in [0.1, 0.15) is 35.7 Å². The second-order valence-electron chi connectivity index (χ2n) is 7.21. The number of ketones is 1. The van der Waals surface area contributed by atoms with E-state index in [4.69, 9.17) is 0 Å². The molecule has 1 saturated heterocycles. The minimum Gasteiger partial charge on any atom is -0.336 e. The van der Waals surface area contributed by atoms with Gasteiger partial charge in [0, 0.05) is 23.8 Å².